The second-order valence-corrected chi connectivity index (χ2v) is 7.03. The van der Waals surface area contributed by atoms with Gasteiger partial charge in [-0.3, -0.25) is 4.79 Å². The van der Waals surface area contributed by atoms with Gasteiger partial charge in [-0.1, -0.05) is 41.9 Å². The van der Waals surface area contributed by atoms with Crippen molar-refractivity contribution < 1.29 is 17.6 Å². The number of sulfone groups is 1. The van der Waals surface area contributed by atoms with Crippen LogP contribution in [0, 0.1) is 5.82 Å². The Balaban J connectivity index is 2.15. The minimum Gasteiger partial charge on any atom is -0.293 e. The summed E-state index contributed by atoms with van der Waals surface area (Å²) in [5, 5.41) is 0.333. The van der Waals surface area contributed by atoms with Crippen molar-refractivity contribution in [3.05, 3.63) is 70.5 Å². The van der Waals surface area contributed by atoms with Crippen LogP contribution >= 0.6 is 11.6 Å². The summed E-state index contributed by atoms with van der Waals surface area (Å²) in [7, 11) is -3.67. The number of hydrogen-bond acceptors (Lipinski definition) is 3. The number of carbonyl (C=O) groups is 1. The minimum atomic E-state index is -3.67. The van der Waals surface area contributed by atoms with Crippen molar-refractivity contribution in [3.8, 4) is 0 Å². The lowest BCUT2D eigenvalue weighted by Gasteiger charge is -2.06. The predicted molar refractivity (Wildman–Crippen MR) is 79.7 cm³/mol. The Morgan fingerprint density at radius 2 is 1.81 bits per heavy atom. The minimum absolute atomic E-state index is 0.0396. The SMILES string of the molecule is O=C(CS(=O)(=O)Cc1ccccc1Cl)c1cccc(F)c1. The van der Waals surface area contributed by atoms with Gasteiger partial charge in [0, 0.05) is 10.6 Å². The molecule has 2 aromatic carbocycles. The maximum Gasteiger partial charge on any atom is 0.177 e. The van der Waals surface area contributed by atoms with Crippen LogP contribution in [-0.4, -0.2) is 20.0 Å². The second kappa shape index (κ2) is 6.37. The van der Waals surface area contributed by atoms with Crippen LogP contribution in [0.1, 0.15) is 15.9 Å². The van der Waals surface area contributed by atoms with Gasteiger partial charge in [-0.2, -0.15) is 0 Å². The Hall–Kier alpha value is -1.72. The molecule has 0 saturated heterocycles. The molecule has 3 nitrogen and oxygen atoms in total. The third kappa shape index (κ3) is 4.37. The summed E-state index contributed by atoms with van der Waals surface area (Å²) in [6, 6.07) is 11.5. The Morgan fingerprint density at radius 1 is 1.10 bits per heavy atom. The monoisotopic (exact) mass is 326 g/mol. The molecule has 0 radical (unpaired) electrons. The highest BCUT2D eigenvalue weighted by molar-refractivity contribution is 7.91. The molecule has 21 heavy (non-hydrogen) atoms. The molecule has 110 valence electrons. The van der Waals surface area contributed by atoms with E-state index in [1.54, 1.807) is 24.3 Å². The summed E-state index contributed by atoms with van der Waals surface area (Å²) in [5.41, 5.74) is 0.476. The van der Waals surface area contributed by atoms with Gasteiger partial charge in [-0.25, -0.2) is 12.8 Å². The lowest BCUT2D eigenvalue weighted by atomic mass is 10.1. The molecule has 0 unspecified atom stereocenters. The maximum atomic E-state index is 13.0. The fourth-order valence-corrected chi connectivity index (χ4v) is 3.52. The van der Waals surface area contributed by atoms with Gasteiger partial charge in [0.25, 0.3) is 0 Å². The first-order chi connectivity index (χ1) is 9.87. The highest BCUT2D eigenvalue weighted by atomic mass is 35.5. The van der Waals surface area contributed by atoms with E-state index in [1.807, 2.05) is 0 Å². The lowest BCUT2D eigenvalue weighted by molar-refractivity contribution is 0.102. The van der Waals surface area contributed by atoms with Crippen molar-refractivity contribution in [2.75, 3.05) is 5.75 Å². The molecule has 0 aromatic heterocycles. The molecule has 0 heterocycles. The number of ketones is 1. The van der Waals surface area contributed by atoms with Crippen LogP contribution in [0.4, 0.5) is 4.39 Å². The summed E-state index contributed by atoms with van der Waals surface area (Å²) in [6.07, 6.45) is 0. The molecule has 0 spiro atoms. The Morgan fingerprint density at radius 3 is 2.48 bits per heavy atom. The van der Waals surface area contributed by atoms with Gasteiger partial charge in [0.05, 0.1) is 5.75 Å². The summed E-state index contributed by atoms with van der Waals surface area (Å²) in [4.78, 5) is 11.9. The molecule has 0 aliphatic heterocycles. The molecule has 0 atom stereocenters. The summed E-state index contributed by atoms with van der Waals surface area (Å²) >= 11 is 5.91. The highest BCUT2D eigenvalue weighted by Crippen LogP contribution is 2.18. The van der Waals surface area contributed by atoms with Crippen LogP contribution in [0.5, 0.6) is 0 Å². The molecule has 0 saturated carbocycles. The average molecular weight is 327 g/mol. The van der Waals surface area contributed by atoms with E-state index < -0.39 is 27.2 Å². The van der Waals surface area contributed by atoms with E-state index in [4.69, 9.17) is 11.6 Å². The van der Waals surface area contributed by atoms with Crippen LogP contribution in [0.15, 0.2) is 48.5 Å². The lowest BCUT2D eigenvalue weighted by Crippen LogP contribution is -2.18. The highest BCUT2D eigenvalue weighted by Gasteiger charge is 2.20. The Kier molecular flexibility index (Phi) is 4.75. The van der Waals surface area contributed by atoms with E-state index >= 15 is 0 Å². The van der Waals surface area contributed by atoms with Gasteiger partial charge in [0.15, 0.2) is 15.6 Å². The number of benzene rings is 2. The number of Topliss-reactive ketones (excluding diaryl/α,β-unsaturated/α-hetero) is 1. The predicted octanol–water partition coefficient (Wildman–Crippen LogP) is 3.28. The fourth-order valence-electron chi connectivity index (χ4n) is 1.85. The third-order valence-electron chi connectivity index (χ3n) is 2.83. The van der Waals surface area contributed by atoms with Gasteiger partial charge in [0.2, 0.25) is 0 Å². The van der Waals surface area contributed by atoms with E-state index in [1.165, 1.54) is 18.2 Å². The fraction of sp³-hybridized carbons (Fsp3) is 0.133. The summed E-state index contributed by atoms with van der Waals surface area (Å²) in [6.45, 7) is 0. The van der Waals surface area contributed by atoms with E-state index in [9.17, 15) is 17.6 Å². The number of rotatable bonds is 5. The van der Waals surface area contributed by atoms with Crippen molar-refractivity contribution in [1.82, 2.24) is 0 Å². The Bertz CT molecular complexity index is 772. The van der Waals surface area contributed by atoms with Crippen LogP contribution in [0.2, 0.25) is 5.02 Å². The summed E-state index contributed by atoms with van der Waals surface area (Å²) in [5.74, 6) is -2.22. The quantitative estimate of drug-likeness (QED) is 0.792. The van der Waals surface area contributed by atoms with Gasteiger partial charge >= 0.3 is 0 Å². The average Bonchev–Trinajstić information content (AvgIpc) is 2.40. The van der Waals surface area contributed by atoms with E-state index in [2.05, 4.69) is 0 Å². The molecule has 6 heteroatoms. The summed E-state index contributed by atoms with van der Waals surface area (Å²) < 4.78 is 37.1. The molecule has 0 aliphatic carbocycles. The van der Waals surface area contributed by atoms with Gasteiger partial charge in [0.1, 0.15) is 11.6 Å². The van der Waals surface area contributed by atoms with E-state index in [0.29, 0.717) is 10.6 Å². The molecular weight excluding hydrogens is 315 g/mol. The molecule has 0 bridgehead atoms. The molecule has 0 fully saturated rings. The molecular formula is C15H12ClFO3S. The first-order valence-electron chi connectivity index (χ1n) is 6.10. The standard InChI is InChI=1S/C15H12ClFO3S/c16-14-7-2-1-4-12(14)9-21(19,20)10-15(18)11-5-3-6-13(17)8-11/h1-8H,9-10H2. The van der Waals surface area contributed by atoms with E-state index in [0.717, 1.165) is 6.07 Å². The first kappa shape index (κ1) is 15.7. The van der Waals surface area contributed by atoms with Crippen LogP contribution in [-0.2, 0) is 15.6 Å². The Labute approximate surface area is 127 Å². The number of hydrogen-bond donors (Lipinski definition) is 0. The topological polar surface area (TPSA) is 51.2 Å². The van der Waals surface area contributed by atoms with Crippen molar-refractivity contribution in [2.45, 2.75) is 5.75 Å². The van der Waals surface area contributed by atoms with Crippen molar-refractivity contribution >= 4 is 27.2 Å². The van der Waals surface area contributed by atoms with Gasteiger partial charge in [-0.15, -0.1) is 0 Å². The van der Waals surface area contributed by atoms with Gasteiger partial charge < -0.3 is 0 Å². The molecule has 2 aromatic rings. The van der Waals surface area contributed by atoms with Crippen molar-refractivity contribution in [2.24, 2.45) is 0 Å². The second-order valence-electron chi connectivity index (χ2n) is 4.56. The maximum absolute atomic E-state index is 13.0. The molecule has 2 rings (SSSR count). The number of halogens is 2. The van der Waals surface area contributed by atoms with Crippen LogP contribution in [0.25, 0.3) is 0 Å². The number of carbonyl (C=O) groups excluding carboxylic acids is 1. The molecule has 0 aliphatic rings. The normalized spacial score (nSPS) is 11.3. The molecule has 0 N–H and O–H groups in total. The largest absolute Gasteiger partial charge is 0.293 e. The zero-order valence-electron chi connectivity index (χ0n) is 10.9. The third-order valence-corrected chi connectivity index (χ3v) is 4.65. The van der Waals surface area contributed by atoms with Crippen LogP contribution < -0.4 is 0 Å². The van der Waals surface area contributed by atoms with E-state index in [-0.39, 0.29) is 11.3 Å². The first-order valence-corrected chi connectivity index (χ1v) is 8.30. The smallest absolute Gasteiger partial charge is 0.177 e. The van der Waals surface area contributed by atoms with Gasteiger partial charge in [-0.05, 0) is 23.8 Å². The van der Waals surface area contributed by atoms with Crippen molar-refractivity contribution in [1.29, 1.82) is 0 Å². The zero-order valence-corrected chi connectivity index (χ0v) is 12.5. The zero-order chi connectivity index (χ0) is 15.5. The van der Waals surface area contributed by atoms with Crippen molar-refractivity contribution in [3.63, 3.8) is 0 Å². The van der Waals surface area contributed by atoms with Crippen LogP contribution in [0.3, 0.4) is 0 Å². The molecule has 0 amide bonds.